The molecule has 0 heterocycles. The van der Waals surface area contributed by atoms with E-state index in [4.69, 9.17) is 9.92 Å². The summed E-state index contributed by atoms with van der Waals surface area (Å²) >= 11 is 0. The summed E-state index contributed by atoms with van der Waals surface area (Å²) in [7, 11) is 1.63. The first-order chi connectivity index (χ1) is 8.83. The van der Waals surface area contributed by atoms with Crippen LogP contribution >= 0.6 is 0 Å². The van der Waals surface area contributed by atoms with Crippen molar-refractivity contribution in [3.05, 3.63) is 59.7 Å². The smallest absolute Gasteiger partial charge is 0.322 e. The average Bonchev–Trinajstić information content (AvgIpc) is 2.45. The van der Waals surface area contributed by atoms with E-state index >= 15 is 0 Å². The molecule has 0 aliphatic rings. The predicted molar refractivity (Wildman–Crippen MR) is 74.0 cm³/mol. The van der Waals surface area contributed by atoms with Crippen molar-refractivity contribution < 1.29 is 4.65 Å². The molecular formula is C14H11BN2O. The van der Waals surface area contributed by atoms with Gasteiger partial charge in [0.05, 0.1) is 17.3 Å². The van der Waals surface area contributed by atoms with E-state index in [0.29, 0.717) is 5.56 Å². The van der Waals surface area contributed by atoms with Gasteiger partial charge < -0.3 is 4.65 Å². The Balaban J connectivity index is 2.27. The van der Waals surface area contributed by atoms with Crippen molar-refractivity contribution >= 4 is 20.0 Å². The minimum atomic E-state index is 0.602. The lowest BCUT2D eigenvalue weighted by atomic mass is 10.2. The molecule has 0 saturated heterocycles. The first-order valence-electron chi connectivity index (χ1n) is 5.51. The number of aliphatic imine (C=N–C) groups is 1. The predicted octanol–water partition coefficient (Wildman–Crippen LogP) is 2.24. The molecule has 0 N–H and O–H groups in total. The highest BCUT2D eigenvalue weighted by atomic mass is 16.4. The number of rotatable bonds is 3. The molecule has 0 aromatic heterocycles. The number of para-hydroxylation sites is 1. The zero-order chi connectivity index (χ0) is 12.8. The molecule has 2 rings (SSSR count). The maximum Gasteiger partial charge on any atom is 0.322 e. The summed E-state index contributed by atoms with van der Waals surface area (Å²) in [6.07, 6.45) is 1.73. The minimum Gasteiger partial charge on any atom is -0.567 e. The molecule has 0 unspecified atom stereocenters. The van der Waals surface area contributed by atoms with Crippen molar-refractivity contribution in [1.29, 1.82) is 5.26 Å². The van der Waals surface area contributed by atoms with E-state index < -0.39 is 0 Å². The molecule has 2 aromatic rings. The second-order valence-electron chi connectivity index (χ2n) is 3.66. The summed E-state index contributed by atoms with van der Waals surface area (Å²) in [6, 6.07) is 16.9. The van der Waals surface area contributed by atoms with E-state index in [-0.39, 0.29) is 0 Å². The Morgan fingerprint density at radius 2 is 2.00 bits per heavy atom. The van der Waals surface area contributed by atoms with Gasteiger partial charge in [0.15, 0.2) is 0 Å². The number of nitrogens with zero attached hydrogens (tertiary/aromatic N) is 2. The van der Waals surface area contributed by atoms with Gasteiger partial charge in [0.2, 0.25) is 0 Å². The molecule has 0 spiro atoms. The fourth-order valence-corrected chi connectivity index (χ4v) is 1.57. The van der Waals surface area contributed by atoms with Crippen molar-refractivity contribution in [3.63, 3.8) is 0 Å². The van der Waals surface area contributed by atoms with Crippen molar-refractivity contribution in [2.45, 2.75) is 0 Å². The van der Waals surface area contributed by atoms with Crippen LogP contribution in [-0.2, 0) is 0 Å². The lowest BCUT2D eigenvalue weighted by Gasteiger charge is -2.03. The molecule has 0 saturated carbocycles. The van der Waals surface area contributed by atoms with Crippen molar-refractivity contribution in [3.8, 4) is 11.8 Å². The summed E-state index contributed by atoms with van der Waals surface area (Å²) in [5.41, 5.74) is 2.26. The van der Waals surface area contributed by atoms with Gasteiger partial charge in [0.25, 0.3) is 0 Å². The Morgan fingerprint density at radius 3 is 2.78 bits per heavy atom. The largest absolute Gasteiger partial charge is 0.567 e. The van der Waals surface area contributed by atoms with E-state index in [0.717, 1.165) is 17.0 Å². The van der Waals surface area contributed by atoms with Gasteiger partial charge in [-0.2, -0.15) is 5.26 Å². The molecule has 86 valence electrons. The van der Waals surface area contributed by atoms with Crippen LogP contribution < -0.4 is 4.65 Å². The molecular weight excluding hydrogens is 223 g/mol. The summed E-state index contributed by atoms with van der Waals surface area (Å²) in [5, 5.41) is 8.81. The van der Waals surface area contributed by atoms with Gasteiger partial charge in [-0.25, -0.2) is 0 Å². The van der Waals surface area contributed by atoms with Crippen LogP contribution in [0.3, 0.4) is 0 Å². The van der Waals surface area contributed by atoms with Crippen molar-refractivity contribution in [1.82, 2.24) is 0 Å². The van der Waals surface area contributed by atoms with Crippen LogP contribution in [0, 0.1) is 11.3 Å². The molecule has 0 atom stereocenters. The Bertz CT molecular complexity index is 617. The normalized spacial score (nSPS) is 10.2. The van der Waals surface area contributed by atoms with Gasteiger partial charge in [-0.3, -0.25) is 4.99 Å². The standard InChI is InChI=1S/C14H11BN2O/c15-18-14-7-2-1-5-12(14)10-17-13-6-3-4-11(8-13)9-16/h1-8,10H,15H2/b17-10+. The fourth-order valence-electron chi connectivity index (χ4n) is 1.57. The highest BCUT2D eigenvalue weighted by molar-refractivity contribution is 6.01. The van der Waals surface area contributed by atoms with Gasteiger partial charge in [-0.1, -0.05) is 18.2 Å². The second kappa shape index (κ2) is 5.69. The molecule has 4 heteroatoms. The summed E-state index contributed by atoms with van der Waals surface area (Å²) in [5.74, 6) is 0.776. The van der Waals surface area contributed by atoms with E-state index in [1.54, 1.807) is 26.4 Å². The molecule has 0 aliphatic heterocycles. The van der Waals surface area contributed by atoms with E-state index in [1.807, 2.05) is 36.4 Å². The maximum absolute atomic E-state index is 8.81. The summed E-state index contributed by atoms with van der Waals surface area (Å²) in [4.78, 5) is 4.34. The topological polar surface area (TPSA) is 45.4 Å². The SMILES string of the molecule is BOc1ccccc1/C=N/c1cccc(C#N)c1. The average molecular weight is 234 g/mol. The Labute approximate surface area is 107 Å². The lowest BCUT2D eigenvalue weighted by molar-refractivity contribution is 0.615. The fraction of sp³-hybridized carbons (Fsp3) is 0. The van der Waals surface area contributed by atoms with Crippen LogP contribution in [0.5, 0.6) is 5.75 Å². The molecule has 0 bridgehead atoms. The highest BCUT2D eigenvalue weighted by Crippen LogP contribution is 2.17. The Hall–Kier alpha value is -2.54. The Kier molecular flexibility index (Phi) is 3.77. The molecule has 0 fully saturated rings. The van der Waals surface area contributed by atoms with Crippen LogP contribution in [0.25, 0.3) is 0 Å². The molecule has 18 heavy (non-hydrogen) atoms. The van der Waals surface area contributed by atoms with Crippen LogP contribution in [0.15, 0.2) is 53.5 Å². The zero-order valence-electron chi connectivity index (χ0n) is 10.00. The van der Waals surface area contributed by atoms with Gasteiger partial charge in [0.1, 0.15) is 5.75 Å². The third-order valence-electron chi connectivity index (χ3n) is 2.47. The minimum absolute atomic E-state index is 0.602. The molecule has 3 nitrogen and oxygen atoms in total. The molecule has 0 radical (unpaired) electrons. The first kappa shape index (κ1) is 11.9. The van der Waals surface area contributed by atoms with Crippen LogP contribution in [0.2, 0.25) is 0 Å². The van der Waals surface area contributed by atoms with Gasteiger partial charge >= 0.3 is 8.05 Å². The first-order valence-corrected chi connectivity index (χ1v) is 5.51. The molecule has 2 aromatic carbocycles. The van der Waals surface area contributed by atoms with Gasteiger partial charge in [-0.05, 0) is 30.3 Å². The second-order valence-corrected chi connectivity index (χ2v) is 3.66. The van der Waals surface area contributed by atoms with Crippen LogP contribution in [0.1, 0.15) is 11.1 Å². The van der Waals surface area contributed by atoms with E-state index in [1.165, 1.54) is 0 Å². The number of benzene rings is 2. The monoisotopic (exact) mass is 234 g/mol. The third-order valence-corrected chi connectivity index (χ3v) is 2.47. The lowest BCUT2D eigenvalue weighted by Crippen LogP contribution is -1.91. The summed E-state index contributed by atoms with van der Waals surface area (Å²) in [6.45, 7) is 0. The number of nitriles is 1. The third kappa shape index (κ3) is 2.77. The van der Waals surface area contributed by atoms with E-state index in [2.05, 4.69) is 11.1 Å². The zero-order valence-corrected chi connectivity index (χ0v) is 10.00. The Morgan fingerprint density at radius 1 is 1.17 bits per heavy atom. The van der Waals surface area contributed by atoms with Gasteiger partial charge in [0, 0.05) is 11.8 Å². The number of hydrogen-bond donors (Lipinski definition) is 0. The summed E-state index contributed by atoms with van der Waals surface area (Å²) < 4.78 is 5.24. The highest BCUT2D eigenvalue weighted by Gasteiger charge is 1.97. The van der Waals surface area contributed by atoms with Crippen molar-refractivity contribution in [2.75, 3.05) is 0 Å². The quantitative estimate of drug-likeness (QED) is 0.603. The van der Waals surface area contributed by atoms with Crippen molar-refractivity contribution in [2.24, 2.45) is 4.99 Å². The van der Waals surface area contributed by atoms with Crippen LogP contribution in [0.4, 0.5) is 5.69 Å². The van der Waals surface area contributed by atoms with E-state index in [9.17, 15) is 0 Å². The van der Waals surface area contributed by atoms with Crippen LogP contribution in [-0.4, -0.2) is 14.3 Å². The molecule has 0 aliphatic carbocycles. The number of hydrogen-bond acceptors (Lipinski definition) is 3. The van der Waals surface area contributed by atoms with Gasteiger partial charge in [-0.15, -0.1) is 0 Å². The molecule has 0 amide bonds. The maximum atomic E-state index is 8.81.